The number of rotatable bonds is 3. The zero-order valence-electron chi connectivity index (χ0n) is 16.2. The van der Waals surface area contributed by atoms with E-state index in [9.17, 15) is 13.2 Å². The maximum Gasteiger partial charge on any atom is 0.434 e. The molecule has 3 heterocycles. The van der Waals surface area contributed by atoms with Crippen molar-refractivity contribution in [3.8, 4) is 0 Å². The zero-order chi connectivity index (χ0) is 20.6. The van der Waals surface area contributed by atoms with Crippen molar-refractivity contribution in [2.75, 3.05) is 23.7 Å². The Balaban J connectivity index is 1.48. The molecule has 0 aromatic carbocycles. The van der Waals surface area contributed by atoms with Crippen LogP contribution < -0.4 is 10.6 Å². The molecule has 1 saturated carbocycles. The Bertz CT molecular complexity index is 881. The largest absolute Gasteiger partial charge is 0.434 e. The lowest BCUT2D eigenvalue weighted by Crippen LogP contribution is -2.41. The molecule has 2 aromatic rings. The number of nitrogen functional groups attached to an aromatic ring is 1. The maximum absolute atomic E-state index is 13.2. The third-order valence-electron chi connectivity index (χ3n) is 6.44. The van der Waals surface area contributed by atoms with E-state index < -0.39 is 11.9 Å². The Morgan fingerprint density at radius 3 is 2.59 bits per heavy atom. The molecule has 156 valence electrons. The molecule has 4 rings (SSSR count). The minimum atomic E-state index is -4.53. The molecular weight excluding hydrogens is 399 g/mol. The standard InChI is InChI=1S/C20H24F3N5S/c1-13-4-2-6-19(13)7-10-28(11-8-19)15-12-26-18(17(24)27-15)29-14-5-3-9-25-16(14)20(21,22)23/h3,5,9,12-13H,2,4,6-8,10-11H2,1H3,(H2,24,27). The molecule has 9 heteroatoms. The number of aromatic nitrogens is 3. The van der Waals surface area contributed by atoms with Gasteiger partial charge in [-0.05, 0) is 42.7 Å². The van der Waals surface area contributed by atoms with E-state index in [2.05, 4.69) is 26.8 Å². The zero-order valence-corrected chi connectivity index (χ0v) is 17.1. The molecule has 2 N–H and O–H groups in total. The molecule has 1 aliphatic carbocycles. The topological polar surface area (TPSA) is 67.9 Å². The normalized spacial score (nSPS) is 21.7. The molecule has 1 atom stereocenters. The molecule has 0 amide bonds. The molecule has 0 radical (unpaired) electrons. The van der Waals surface area contributed by atoms with Gasteiger partial charge in [0.1, 0.15) is 10.8 Å². The van der Waals surface area contributed by atoms with Gasteiger partial charge in [0.25, 0.3) is 0 Å². The van der Waals surface area contributed by atoms with E-state index in [1.807, 2.05) is 0 Å². The highest BCUT2D eigenvalue weighted by molar-refractivity contribution is 7.99. The van der Waals surface area contributed by atoms with Crippen LogP contribution in [-0.2, 0) is 6.18 Å². The van der Waals surface area contributed by atoms with Crippen LogP contribution in [0.15, 0.2) is 34.4 Å². The number of nitrogens with zero attached hydrogens (tertiary/aromatic N) is 4. The summed E-state index contributed by atoms with van der Waals surface area (Å²) in [5, 5.41) is 0.255. The van der Waals surface area contributed by atoms with Crippen molar-refractivity contribution in [2.45, 2.75) is 55.1 Å². The Morgan fingerprint density at radius 2 is 1.97 bits per heavy atom. The van der Waals surface area contributed by atoms with Gasteiger partial charge >= 0.3 is 6.18 Å². The van der Waals surface area contributed by atoms with E-state index in [0.717, 1.165) is 49.8 Å². The van der Waals surface area contributed by atoms with E-state index in [-0.39, 0.29) is 15.7 Å². The summed E-state index contributed by atoms with van der Waals surface area (Å²) in [6.07, 6.45) is 4.40. The lowest BCUT2D eigenvalue weighted by molar-refractivity contribution is -0.143. The Labute approximate surface area is 172 Å². The number of nitrogens with two attached hydrogens (primary N) is 1. The lowest BCUT2D eigenvalue weighted by Gasteiger charge is -2.42. The number of pyridine rings is 1. The van der Waals surface area contributed by atoms with Gasteiger partial charge in [-0.1, -0.05) is 31.5 Å². The summed E-state index contributed by atoms with van der Waals surface area (Å²) in [6.45, 7) is 4.18. The quantitative estimate of drug-likeness (QED) is 0.747. The van der Waals surface area contributed by atoms with Crippen molar-refractivity contribution in [3.05, 3.63) is 30.2 Å². The van der Waals surface area contributed by atoms with Crippen LogP contribution in [-0.4, -0.2) is 28.0 Å². The molecule has 2 fully saturated rings. The average Bonchev–Trinajstić information content (AvgIpc) is 3.03. The van der Waals surface area contributed by atoms with Crippen LogP contribution in [0.2, 0.25) is 0 Å². The molecule has 0 bridgehead atoms. The Hall–Kier alpha value is -2.03. The van der Waals surface area contributed by atoms with Gasteiger partial charge in [0.05, 0.1) is 6.20 Å². The van der Waals surface area contributed by atoms with Crippen molar-refractivity contribution >= 4 is 23.4 Å². The van der Waals surface area contributed by atoms with Crippen molar-refractivity contribution in [1.29, 1.82) is 0 Å². The van der Waals surface area contributed by atoms with Gasteiger partial charge in [0.15, 0.2) is 11.5 Å². The molecule has 5 nitrogen and oxygen atoms in total. The Kier molecular flexibility index (Phi) is 5.35. The molecular formula is C20H24F3N5S. The average molecular weight is 424 g/mol. The van der Waals surface area contributed by atoms with E-state index in [1.54, 1.807) is 6.20 Å². The first-order valence-electron chi connectivity index (χ1n) is 9.86. The van der Waals surface area contributed by atoms with Gasteiger partial charge in [-0.15, -0.1) is 0 Å². The minimum Gasteiger partial charge on any atom is -0.381 e. The third kappa shape index (κ3) is 4.01. The number of halogens is 3. The summed E-state index contributed by atoms with van der Waals surface area (Å²) < 4.78 is 39.5. The summed E-state index contributed by atoms with van der Waals surface area (Å²) in [5.74, 6) is 1.59. The van der Waals surface area contributed by atoms with E-state index in [1.165, 1.54) is 31.4 Å². The smallest absolute Gasteiger partial charge is 0.381 e. The summed E-state index contributed by atoms with van der Waals surface area (Å²) in [4.78, 5) is 14.4. The summed E-state index contributed by atoms with van der Waals surface area (Å²) in [7, 11) is 0. The van der Waals surface area contributed by atoms with Crippen molar-refractivity contribution < 1.29 is 13.2 Å². The first-order valence-corrected chi connectivity index (χ1v) is 10.7. The maximum atomic E-state index is 13.2. The van der Waals surface area contributed by atoms with Crippen molar-refractivity contribution in [1.82, 2.24) is 15.0 Å². The summed E-state index contributed by atoms with van der Waals surface area (Å²) in [6, 6.07) is 2.82. The first kappa shape index (κ1) is 20.3. The lowest BCUT2D eigenvalue weighted by atomic mass is 9.71. The van der Waals surface area contributed by atoms with Gasteiger partial charge in [-0.2, -0.15) is 13.2 Å². The molecule has 2 aromatic heterocycles. The number of piperidine rings is 1. The van der Waals surface area contributed by atoms with Gasteiger partial charge in [-0.3, -0.25) is 4.98 Å². The highest BCUT2D eigenvalue weighted by Gasteiger charge is 2.42. The monoisotopic (exact) mass is 423 g/mol. The van der Waals surface area contributed by atoms with Crippen molar-refractivity contribution in [2.24, 2.45) is 11.3 Å². The minimum absolute atomic E-state index is 0.0381. The van der Waals surface area contributed by atoms with E-state index in [0.29, 0.717) is 11.2 Å². The van der Waals surface area contributed by atoms with Gasteiger partial charge in [-0.25, -0.2) is 9.97 Å². The van der Waals surface area contributed by atoms with Crippen LogP contribution in [0.4, 0.5) is 24.8 Å². The van der Waals surface area contributed by atoms with E-state index >= 15 is 0 Å². The highest BCUT2D eigenvalue weighted by Crippen LogP contribution is 2.50. The third-order valence-corrected chi connectivity index (χ3v) is 7.49. The predicted molar refractivity (Wildman–Crippen MR) is 107 cm³/mol. The van der Waals surface area contributed by atoms with Gasteiger partial charge in [0.2, 0.25) is 0 Å². The van der Waals surface area contributed by atoms with Crippen LogP contribution in [0.3, 0.4) is 0 Å². The molecule has 1 aliphatic heterocycles. The molecule has 1 spiro atoms. The fourth-order valence-electron chi connectivity index (χ4n) is 4.64. The predicted octanol–water partition coefficient (Wildman–Crippen LogP) is 5.03. The fraction of sp³-hybridized carbons (Fsp3) is 0.550. The van der Waals surface area contributed by atoms with Crippen molar-refractivity contribution in [3.63, 3.8) is 0 Å². The van der Waals surface area contributed by atoms with Gasteiger partial charge in [0, 0.05) is 24.2 Å². The number of hydrogen-bond acceptors (Lipinski definition) is 6. The van der Waals surface area contributed by atoms with Crippen LogP contribution in [0.5, 0.6) is 0 Å². The second-order valence-corrected chi connectivity index (χ2v) is 9.04. The Morgan fingerprint density at radius 1 is 1.21 bits per heavy atom. The van der Waals surface area contributed by atoms with Crippen LogP contribution in [0.1, 0.15) is 44.7 Å². The van der Waals surface area contributed by atoms with Gasteiger partial charge < -0.3 is 10.6 Å². The molecule has 1 unspecified atom stereocenters. The number of hydrogen-bond donors (Lipinski definition) is 1. The second kappa shape index (κ2) is 7.66. The molecule has 2 aliphatic rings. The van der Waals surface area contributed by atoms with Crippen LogP contribution in [0, 0.1) is 11.3 Å². The summed E-state index contributed by atoms with van der Waals surface area (Å²) >= 11 is 0.839. The summed E-state index contributed by atoms with van der Waals surface area (Å²) in [5.41, 5.74) is 5.57. The fourth-order valence-corrected chi connectivity index (χ4v) is 5.52. The van der Waals surface area contributed by atoms with Crippen LogP contribution >= 0.6 is 11.8 Å². The highest BCUT2D eigenvalue weighted by atomic mass is 32.2. The second-order valence-electron chi connectivity index (χ2n) is 8.01. The SMILES string of the molecule is CC1CCCC12CCN(c1cnc(Sc3cccnc3C(F)(F)F)c(N)n1)CC2. The number of anilines is 2. The van der Waals surface area contributed by atoms with E-state index in [4.69, 9.17) is 5.73 Å². The first-order chi connectivity index (χ1) is 13.8. The van der Waals surface area contributed by atoms with Crippen LogP contribution in [0.25, 0.3) is 0 Å². The molecule has 29 heavy (non-hydrogen) atoms. The number of alkyl halides is 3. The molecule has 1 saturated heterocycles.